The number of nitrogens with two attached hydrogens (primary N) is 1. The molecule has 0 radical (unpaired) electrons. The zero-order valence-electron chi connectivity index (χ0n) is 11.4. The van der Waals surface area contributed by atoms with E-state index in [0.717, 1.165) is 0 Å². The number of carbonyl (C=O) groups is 3. The van der Waals surface area contributed by atoms with Crippen LogP contribution in [0, 0.1) is 0 Å². The minimum absolute atomic E-state index is 0.0713. The molecule has 5 heteroatoms. The third-order valence-corrected chi connectivity index (χ3v) is 3.27. The number of hydrogen-bond donors (Lipinski definition) is 1. The summed E-state index contributed by atoms with van der Waals surface area (Å²) in [6, 6.07) is 10.8. The van der Waals surface area contributed by atoms with Crippen LogP contribution in [0.25, 0.3) is 0 Å². The number of nitrogen functional groups attached to an aromatic ring is 1. The summed E-state index contributed by atoms with van der Waals surface area (Å²) >= 11 is 0. The van der Waals surface area contributed by atoms with Crippen LogP contribution in [0.1, 0.15) is 31.1 Å². The Kier molecular flexibility index (Phi) is 3.31. The summed E-state index contributed by atoms with van der Waals surface area (Å²) in [5.74, 6) is -1.21. The lowest BCUT2D eigenvalue weighted by Crippen LogP contribution is -2.16. The molecule has 0 unspecified atom stereocenters. The number of fused-ring (bicyclic) bond motifs is 1. The van der Waals surface area contributed by atoms with Gasteiger partial charge in [-0.2, -0.15) is 0 Å². The summed E-state index contributed by atoms with van der Waals surface area (Å²) in [5.41, 5.74) is 6.73. The summed E-state index contributed by atoms with van der Waals surface area (Å²) in [5, 5.41) is 0. The number of anilines is 1. The van der Waals surface area contributed by atoms with E-state index in [9.17, 15) is 14.4 Å². The van der Waals surface area contributed by atoms with Crippen LogP contribution in [0.3, 0.4) is 0 Å². The first kappa shape index (κ1) is 13.8. The Bertz CT molecular complexity index is 819. The Morgan fingerprint density at radius 3 is 2.32 bits per heavy atom. The van der Waals surface area contributed by atoms with Crippen LogP contribution in [-0.2, 0) is 0 Å². The number of rotatable bonds is 2. The van der Waals surface area contributed by atoms with E-state index in [2.05, 4.69) is 0 Å². The fraction of sp³-hybridized carbons (Fsp3) is 0. The molecule has 0 atom stereocenters. The van der Waals surface area contributed by atoms with E-state index in [0.29, 0.717) is 11.3 Å². The number of ketones is 2. The van der Waals surface area contributed by atoms with Crippen molar-refractivity contribution in [3.05, 3.63) is 71.3 Å². The van der Waals surface area contributed by atoms with Crippen molar-refractivity contribution in [1.82, 2.24) is 0 Å². The molecule has 0 saturated carbocycles. The number of carbonyl (C=O) groups excluding carboxylic acids is 3. The van der Waals surface area contributed by atoms with Crippen molar-refractivity contribution in [3.63, 3.8) is 0 Å². The molecule has 1 aliphatic carbocycles. The molecule has 0 fully saturated rings. The van der Waals surface area contributed by atoms with Crippen LogP contribution in [0.5, 0.6) is 5.75 Å². The Labute approximate surface area is 126 Å². The molecule has 2 aromatic rings. The summed E-state index contributed by atoms with van der Waals surface area (Å²) in [7, 11) is 0. The molecule has 2 aromatic carbocycles. The SMILES string of the molecule is Nc1ccc(C(=O)Oc2cccc3c2C(=O)C=CC3=O)cc1. The highest BCUT2D eigenvalue weighted by molar-refractivity contribution is 6.23. The van der Waals surface area contributed by atoms with Gasteiger partial charge in [0.2, 0.25) is 0 Å². The minimum Gasteiger partial charge on any atom is -0.422 e. The van der Waals surface area contributed by atoms with Crippen molar-refractivity contribution >= 4 is 23.2 Å². The predicted octanol–water partition coefficient (Wildman–Crippen LogP) is 2.42. The molecule has 1 aliphatic rings. The summed E-state index contributed by atoms with van der Waals surface area (Å²) in [6.07, 6.45) is 2.38. The van der Waals surface area contributed by atoms with Crippen LogP contribution < -0.4 is 10.5 Å². The number of ether oxygens (including phenoxy) is 1. The van der Waals surface area contributed by atoms with E-state index in [-0.39, 0.29) is 28.4 Å². The fourth-order valence-electron chi connectivity index (χ4n) is 2.18. The van der Waals surface area contributed by atoms with Crippen LogP contribution in [0.2, 0.25) is 0 Å². The number of hydrogen-bond acceptors (Lipinski definition) is 5. The quantitative estimate of drug-likeness (QED) is 0.522. The van der Waals surface area contributed by atoms with Crippen LogP contribution in [0.4, 0.5) is 5.69 Å². The van der Waals surface area contributed by atoms with Crippen LogP contribution in [0.15, 0.2) is 54.6 Å². The van der Waals surface area contributed by atoms with Gasteiger partial charge in [-0.25, -0.2) is 4.79 Å². The average Bonchev–Trinajstić information content (AvgIpc) is 2.52. The highest BCUT2D eigenvalue weighted by Crippen LogP contribution is 2.27. The van der Waals surface area contributed by atoms with Crippen LogP contribution in [-0.4, -0.2) is 17.5 Å². The van der Waals surface area contributed by atoms with Gasteiger partial charge in [-0.1, -0.05) is 12.1 Å². The van der Waals surface area contributed by atoms with E-state index < -0.39 is 5.97 Å². The summed E-state index contributed by atoms with van der Waals surface area (Å²) in [4.78, 5) is 35.9. The minimum atomic E-state index is -0.622. The summed E-state index contributed by atoms with van der Waals surface area (Å²) in [6.45, 7) is 0. The average molecular weight is 293 g/mol. The molecule has 0 saturated heterocycles. The van der Waals surface area contributed by atoms with Gasteiger partial charge >= 0.3 is 5.97 Å². The smallest absolute Gasteiger partial charge is 0.343 e. The lowest BCUT2D eigenvalue weighted by Gasteiger charge is -2.13. The van der Waals surface area contributed by atoms with Crippen LogP contribution >= 0.6 is 0 Å². The van der Waals surface area contributed by atoms with Gasteiger partial charge in [-0.05, 0) is 42.5 Å². The lowest BCUT2D eigenvalue weighted by molar-refractivity contribution is 0.0731. The van der Waals surface area contributed by atoms with E-state index in [4.69, 9.17) is 10.5 Å². The molecule has 0 heterocycles. The molecule has 5 nitrogen and oxygen atoms in total. The highest BCUT2D eigenvalue weighted by Gasteiger charge is 2.24. The van der Waals surface area contributed by atoms with Gasteiger partial charge < -0.3 is 10.5 Å². The monoisotopic (exact) mass is 293 g/mol. The van der Waals surface area contributed by atoms with E-state index >= 15 is 0 Å². The third-order valence-electron chi connectivity index (χ3n) is 3.27. The van der Waals surface area contributed by atoms with Gasteiger partial charge in [-0.3, -0.25) is 9.59 Å². The zero-order valence-corrected chi connectivity index (χ0v) is 11.4. The number of benzene rings is 2. The first-order chi connectivity index (χ1) is 10.6. The van der Waals surface area contributed by atoms with E-state index in [1.54, 1.807) is 18.2 Å². The first-order valence-electron chi connectivity index (χ1n) is 6.54. The molecular formula is C17H11NO4. The van der Waals surface area contributed by atoms with Gasteiger partial charge in [0.1, 0.15) is 5.75 Å². The van der Waals surface area contributed by atoms with E-state index in [1.165, 1.54) is 36.4 Å². The first-order valence-corrected chi connectivity index (χ1v) is 6.54. The van der Waals surface area contributed by atoms with E-state index in [1.807, 2.05) is 0 Å². The Balaban J connectivity index is 1.96. The molecule has 3 rings (SSSR count). The second kappa shape index (κ2) is 5.29. The third kappa shape index (κ3) is 2.40. The predicted molar refractivity (Wildman–Crippen MR) is 80.1 cm³/mol. The Morgan fingerprint density at radius 1 is 0.909 bits per heavy atom. The van der Waals surface area contributed by atoms with Gasteiger partial charge in [-0.15, -0.1) is 0 Å². The molecule has 0 spiro atoms. The Hall–Kier alpha value is -3.21. The molecule has 0 aliphatic heterocycles. The lowest BCUT2D eigenvalue weighted by atomic mass is 9.94. The molecule has 22 heavy (non-hydrogen) atoms. The maximum atomic E-state index is 12.1. The van der Waals surface area contributed by atoms with Crippen molar-refractivity contribution < 1.29 is 19.1 Å². The van der Waals surface area contributed by atoms with Gasteiger partial charge in [0.05, 0.1) is 11.1 Å². The second-order valence-corrected chi connectivity index (χ2v) is 4.75. The molecule has 0 amide bonds. The number of allylic oxidation sites excluding steroid dienone is 2. The summed E-state index contributed by atoms with van der Waals surface area (Å²) < 4.78 is 5.27. The Morgan fingerprint density at radius 2 is 1.59 bits per heavy atom. The maximum absolute atomic E-state index is 12.1. The molecule has 0 bridgehead atoms. The van der Waals surface area contributed by atoms with Crippen molar-refractivity contribution in [3.8, 4) is 5.75 Å². The van der Waals surface area contributed by atoms with Crippen molar-refractivity contribution in [1.29, 1.82) is 0 Å². The van der Waals surface area contributed by atoms with Gasteiger partial charge in [0.25, 0.3) is 0 Å². The molecule has 0 aromatic heterocycles. The van der Waals surface area contributed by atoms with Gasteiger partial charge in [0, 0.05) is 11.3 Å². The normalized spacial score (nSPS) is 12.9. The van der Waals surface area contributed by atoms with Crippen molar-refractivity contribution in [2.24, 2.45) is 0 Å². The second-order valence-electron chi connectivity index (χ2n) is 4.75. The molecular weight excluding hydrogens is 282 g/mol. The molecule has 108 valence electrons. The van der Waals surface area contributed by atoms with Gasteiger partial charge in [0.15, 0.2) is 11.6 Å². The fourth-order valence-corrected chi connectivity index (χ4v) is 2.18. The molecule has 2 N–H and O–H groups in total. The largest absolute Gasteiger partial charge is 0.422 e. The standard InChI is InChI=1S/C17H11NO4/c18-11-6-4-10(5-7-11)17(21)22-15-3-1-2-12-13(19)8-9-14(20)16(12)15/h1-9H,18H2. The number of esters is 1. The topological polar surface area (TPSA) is 86.5 Å². The highest BCUT2D eigenvalue weighted by atomic mass is 16.5. The maximum Gasteiger partial charge on any atom is 0.343 e. The zero-order chi connectivity index (χ0) is 15.7. The van der Waals surface area contributed by atoms with Crippen molar-refractivity contribution in [2.75, 3.05) is 5.73 Å². The van der Waals surface area contributed by atoms with Crippen molar-refractivity contribution in [2.45, 2.75) is 0 Å².